The molecule has 0 saturated heterocycles. The average molecular weight is 166 g/mol. The molecule has 0 aliphatic rings. The lowest BCUT2D eigenvalue weighted by molar-refractivity contribution is -0.136. The lowest BCUT2D eigenvalue weighted by atomic mass is 10.2. The minimum Gasteiger partial charge on any atom is -0.481 e. The highest BCUT2D eigenvalue weighted by atomic mass is 16.5. The molecule has 0 atom stereocenters. The Morgan fingerprint density at radius 3 is 3.00 bits per heavy atom. The second-order valence-corrected chi connectivity index (χ2v) is 2.24. The number of rotatable bonds is 2. The van der Waals surface area contributed by atoms with Gasteiger partial charge in [-0.15, -0.1) is 0 Å². The van der Waals surface area contributed by atoms with Crippen LogP contribution in [0.15, 0.2) is 4.52 Å². The lowest BCUT2D eigenvalue weighted by Gasteiger charge is -1.87. The summed E-state index contributed by atoms with van der Waals surface area (Å²) >= 11 is 0. The van der Waals surface area contributed by atoms with E-state index in [-0.39, 0.29) is 17.7 Å². The van der Waals surface area contributed by atoms with Crippen LogP contribution in [0.2, 0.25) is 0 Å². The maximum Gasteiger partial charge on any atom is 0.309 e. The van der Waals surface area contributed by atoms with Crippen molar-refractivity contribution in [3.63, 3.8) is 0 Å². The summed E-state index contributed by atoms with van der Waals surface area (Å²) < 4.78 is 4.65. The maximum absolute atomic E-state index is 10.3. The number of nitriles is 1. The van der Waals surface area contributed by atoms with Gasteiger partial charge in [0.1, 0.15) is 17.3 Å². The second kappa shape index (κ2) is 3.05. The number of hydrogen-bond donors (Lipinski definition) is 1. The first-order valence-corrected chi connectivity index (χ1v) is 3.22. The number of nitrogens with zero attached hydrogens (tertiary/aromatic N) is 2. The number of aliphatic carboxylic acids is 1. The zero-order valence-electron chi connectivity index (χ0n) is 6.37. The van der Waals surface area contributed by atoms with Crippen molar-refractivity contribution in [1.82, 2.24) is 5.16 Å². The van der Waals surface area contributed by atoms with Gasteiger partial charge in [0.15, 0.2) is 5.76 Å². The van der Waals surface area contributed by atoms with Crippen molar-refractivity contribution >= 4 is 5.97 Å². The van der Waals surface area contributed by atoms with E-state index in [9.17, 15) is 4.79 Å². The molecule has 1 aromatic heterocycles. The van der Waals surface area contributed by atoms with Crippen LogP contribution in [0.4, 0.5) is 0 Å². The fourth-order valence-electron chi connectivity index (χ4n) is 0.825. The van der Waals surface area contributed by atoms with E-state index in [4.69, 9.17) is 10.4 Å². The summed E-state index contributed by atoms with van der Waals surface area (Å²) in [5.74, 6) is -0.673. The van der Waals surface area contributed by atoms with Crippen molar-refractivity contribution in [2.24, 2.45) is 0 Å². The van der Waals surface area contributed by atoms with E-state index in [2.05, 4.69) is 9.68 Å². The molecule has 12 heavy (non-hydrogen) atoms. The first kappa shape index (κ1) is 8.27. The van der Waals surface area contributed by atoms with Gasteiger partial charge in [-0.05, 0) is 6.92 Å². The second-order valence-electron chi connectivity index (χ2n) is 2.24. The summed E-state index contributed by atoms with van der Waals surface area (Å²) in [6.45, 7) is 1.57. The summed E-state index contributed by atoms with van der Waals surface area (Å²) in [6.07, 6.45) is -0.278. The predicted molar refractivity (Wildman–Crippen MR) is 37.3 cm³/mol. The first-order valence-electron chi connectivity index (χ1n) is 3.22. The molecule has 0 aliphatic carbocycles. The largest absolute Gasteiger partial charge is 0.481 e. The number of aryl methyl sites for hydroxylation is 1. The molecule has 1 rings (SSSR count). The molecule has 0 spiro atoms. The van der Waals surface area contributed by atoms with Crippen LogP contribution in [0.3, 0.4) is 0 Å². The smallest absolute Gasteiger partial charge is 0.309 e. The number of carboxylic acid groups (broad SMARTS) is 1. The summed E-state index contributed by atoms with van der Waals surface area (Å²) in [6, 6.07) is 1.83. The van der Waals surface area contributed by atoms with Gasteiger partial charge in [0.2, 0.25) is 0 Å². The summed E-state index contributed by atoms with van der Waals surface area (Å²) in [5.41, 5.74) is 0.403. The standard InChI is InChI=1S/C7H6N2O3/c1-4-5(3-8)6(9-12-4)2-7(10)11/h2H2,1H3,(H,10,11). The maximum atomic E-state index is 10.3. The lowest BCUT2D eigenvalue weighted by Crippen LogP contribution is -2.01. The summed E-state index contributed by atoms with van der Waals surface area (Å²) in [7, 11) is 0. The Hall–Kier alpha value is -1.83. The molecular formula is C7H6N2O3. The topological polar surface area (TPSA) is 87.1 Å². The molecule has 0 saturated carbocycles. The van der Waals surface area contributed by atoms with Crippen molar-refractivity contribution in [2.45, 2.75) is 13.3 Å². The predicted octanol–water partition coefficient (Wildman–Crippen LogP) is 0.482. The van der Waals surface area contributed by atoms with E-state index in [1.165, 1.54) is 0 Å². The third kappa shape index (κ3) is 1.42. The van der Waals surface area contributed by atoms with Gasteiger partial charge in [0.25, 0.3) is 0 Å². The highest BCUT2D eigenvalue weighted by Gasteiger charge is 2.14. The Morgan fingerprint density at radius 1 is 1.83 bits per heavy atom. The SMILES string of the molecule is Cc1onc(CC(=O)O)c1C#N. The van der Waals surface area contributed by atoms with Crippen LogP contribution in [0.5, 0.6) is 0 Å². The number of hydrogen-bond acceptors (Lipinski definition) is 4. The van der Waals surface area contributed by atoms with Crippen molar-refractivity contribution in [3.05, 3.63) is 17.0 Å². The molecule has 0 bridgehead atoms. The minimum absolute atomic E-state index is 0.183. The fraction of sp³-hybridized carbons (Fsp3) is 0.286. The van der Waals surface area contributed by atoms with Crippen LogP contribution in [-0.2, 0) is 11.2 Å². The van der Waals surface area contributed by atoms with Gasteiger partial charge in [0.05, 0.1) is 6.42 Å². The van der Waals surface area contributed by atoms with Crippen LogP contribution < -0.4 is 0 Å². The van der Waals surface area contributed by atoms with Crippen molar-refractivity contribution in [2.75, 3.05) is 0 Å². The van der Waals surface area contributed by atoms with E-state index in [1.54, 1.807) is 6.92 Å². The van der Waals surface area contributed by atoms with Crippen molar-refractivity contribution < 1.29 is 14.4 Å². The molecule has 0 radical (unpaired) electrons. The molecule has 1 aromatic rings. The van der Waals surface area contributed by atoms with E-state index in [0.29, 0.717) is 5.76 Å². The Morgan fingerprint density at radius 2 is 2.50 bits per heavy atom. The Kier molecular flexibility index (Phi) is 2.10. The van der Waals surface area contributed by atoms with Gasteiger partial charge in [-0.25, -0.2) is 0 Å². The van der Waals surface area contributed by atoms with Gasteiger partial charge < -0.3 is 9.63 Å². The molecule has 0 aliphatic heterocycles. The molecule has 0 fully saturated rings. The number of aromatic nitrogens is 1. The van der Waals surface area contributed by atoms with E-state index in [0.717, 1.165) is 0 Å². The Balaban J connectivity index is 3.01. The van der Waals surface area contributed by atoms with Gasteiger partial charge in [-0.2, -0.15) is 5.26 Å². The highest BCUT2D eigenvalue weighted by Crippen LogP contribution is 2.11. The Labute approximate surface area is 68.2 Å². The van der Waals surface area contributed by atoms with Crippen LogP contribution in [0, 0.1) is 18.3 Å². The Bertz CT molecular complexity index is 348. The average Bonchev–Trinajstić information content (AvgIpc) is 2.30. The van der Waals surface area contributed by atoms with E-state index >= 15 is 0 Å². The molecule has 0 aromatic carbocycles. The van der Waals surface area contributed by atoms with Gasteiger partial charge in [-0.3, -0.25) is 4.79 Å². The number of carbonyl (C=O) groups is 1. The van der Waals surface area contributed by atoms with Gasteiger partial charge in [0, 0.05) is 0 Å². The monoisotopic (exact) mass is 166 g/mol. The first-order chi connectivity index (χ1) is 5.65. The third-order valence-corrected chi connectivity index (χ3v) is 1.36. The molecule has 62 valence electrons. The molecular weight excluding hydrogens is 160 g/mol. The van der Waals surface area contributed by atoms with Gasteiger partial charge in [-0.1, -0.05) is 5.16 Å². The van der Waals surface area contributed by atoms with Gasteiger partial charge >= 0.3 is 5.97 Å². The van der Waals surface area contributed by atoms with Crippen molar-refractivity contribution in [3.8, 4) is 6.07 Å². The summed E-state index contributed by atoms with van der Waals surface area (Å²) in [4.78, 5) is 10.3. The van der Waals surface area contributed by atoms with Crippen LogP contribution in [0.25, 0.3) is 0 Å². The summed E-state index contributed by atoms with van der Waals surface area (Å²) in [5, 5.41) is 20.4. The van der Waals surface area contributed by atoms with E-state index < -0.39 is 5.97 Å². The molecule has 0 amide bonds. The van der Waals surface area contributed by atoms with Crippen LogP contribution in [0.1, 0.15) is 17.0 Å². The van der Waals surface area contributed by atoms with Crippen LogP contribution >= 0.6 is 0 Å². The highest BCUT2D eigenvalue weighted by molar-refractivity contribution is 5.70. The number of carboxylic acids is 1. The zero-order chi connectivity index (χ0) is 9.14. The normalized spacial score (nSPS) is 9.33. The molecule has 5 heteroatoms. The zero-order valence-corrected chi connectivity index (χ0v) is 6.37. The molecule has 1 heterocycles. The molecule has 5 nitrogen and oxygen atoms in total. The van der Waals surface area contributed by atoms with E-state index in [1.807, 2.05) is 6.07 Å². The molecule has 1 N–H and O–H groups in total. The third-order valence-electron chi connectivity index (χ3n) is 1.36. The van der Waals surface area contributed by atoms with Crippen molar-refractivity contribution in [1.29, 1.82) is 5.26 Å². The molecule has 0 unspecified atom stereocenters. The fourth-order valence-corrected chi connectivity index (χ4v) is 0.825. The van der Waals surface area contributed by atoms with Crippen LogP contribution in [-0.4, -0.2) is 16.2 Å². The minimum atomic E-state index is -1.03. The quantitative estimate of drug-likeness (QED) is 0.690.